The maximum atomic E-state index is 6.31. The monoisotopic (exact) mass is 303 g/mol. The lowest BCUT2D eigenvalue weighted by atomic mass is 9.86. The summed E-state index contributed by atoms with van der Waals surface area (Å²) >= 11 is 6.31. The molecule has 21 heavy (non-hydrogen) atoms. The van der Waals surface area contributed by atoms with Crippen molar-refractivity contribution in [1.29, 1.82) is 0 Å². The van der Waals surface area contributed by atoms with E-state index in [4.69, 9.17) is 22.1 Å². The van der Waals surface area contributed by atoms with E-state index in [0.717, 1.165) is 16.9 Å². The van der Waals surface area contributed by atoms with Gasteiger partial charge in [-0.1, -0.05) is 56.6 Å². The summed E-state index contributed by atoms with van der Waals surface area (Å²) < 4.78 is 6.03. The first-order valence-electron chi connectivity index (χ1n) is 7.11. The van der Waals surface area contributed by atoms with E-state index in [1.165, 1.54) is 0 Å². The van der Waals surface area contributed by atoms with Gasteiger partial charge in [0.05, 0.1) is 5.02 Å². The summed E-state index contributed by atoms with van der Waals surface area (Å²) in [5.41, 5.74) is 8.02. The lowest BCUT2D eigenvalue weighted by Gasteiger charge is -2.23. The summed E-state index contributed by atoms with van der Waals surface area (Å²) in [6.07, 6.45) is 0. The van der Waals surface area contributed by atoms with Gasteiger partial charge < -0.3 is 10.5 Å². The van der Waals surface area contributed by atoms with E-state index in [1.54, 1.807) is 0 Å². The van der Waals surface area contributed by atoms with Crippen LogP contribution in [0.5, 0.6) is 11.5 Å². The molecular formula is C18H22ClNO. The third-order valence-electron chi connectivity index (χ3n) is 3.40. The molecule has 0 aliphatic carbocycles. The summed E-state index contributed by atoms with van der Waals surface area (Å²) in [4.78, 5) is 0. The standard InChI is InChI=1S/C18H22ClNO/c1-12(20)13-9-10-17(15(19)11-13)21-16-8-6-5-7-14(16)18(2,3)4/h5-12H,20H2,1-4H3/t12-/m0/s1. The molecule has 2 rings (SSSR count). The van der Waals surface area contributed by atoms with Crippen molar-refractivity contribution >= 4 is 11.6 Å². The van der Waals surface area contributed by atoms with E-state index in [2.05, 4.69) is 26.8 Å². The zero-order valence-electron chi connectivity index (χ0n) is 13.0. The minimum Gasteiger partial charge on any atom is -0.455 e. The van der Waals surface area contributed by atoms with Crippen LogP contribution in [-0.4, -0.2) is 0 Å². The van der Waals surface area contributed by atoms with Crippen LogP contribution in [0.25, 0.3) is 0 Å². The fourth-order valence-electron chi connectivity index (χ4n) is 2.18. The summed E-state index contributed by atoms with van der Waals surface area (Å²) in [7, 11) is 0. The second kappa shape index (κ2) is 6.08. The van der Waals surface area contributed by atoms with Crippen molar-refractivity contribution in [3.05, 3.63) is 58.6 Å². The Morgan fingerprint density at radius 1 is 1.05 bits per heavy atom. The van der Waals surface area contributed by atoms with E-state index >= 15 is 0 Å². The van der Waals surface area contributed by atoms with E-state index in [-0.39, 0.29) is 11.5 Å². The average Bonchev–Trinajstić information content (AvgIpc) is 2.40. The third kappa shape index (κ3) is 3.78. The highest BCUT2D eigenvalue weighted by Crippen LogP contribution is 2.37. The highest BCUT2D eigenvalue weighted by atomic mass is 35.5. The number of nitrogens with two attached hydrogens (primary N) is 1. The Balaban J connectivity index is 2.35. The van der Waals surface area contributed by atoms with Crippen LogP contribution in [-0.2, 0) is 5.41 Å². The number of ether oxygens (including phenoxy) is 1. The molecule has 0 aromatic heterocycles. The van der Waals surface area contributed by atoms with Crippen molar-refractivity contribution in [2.24, 2.45) is 5.73 Å². The topological polar surface area (TPSA) is 35.2 Å². The van der Waals surface area contributed by atoms with Crippen molar-refractivity contribution in [3.8, 4) is 11.5 Å². The maximum absolute atomic E-state index is 6.31. The second-order valence-electron chi connectivity index (χ2n) is 6.33. The molecule has 0 unspecified atom stereocenters. The van der Waals surface area contributed by atoms with Gasteiger partial charge in [0.2, 0.25) is 0 Å². The van der Waals surface area contributed by atoms with E-state index in [0.29, 0.717) is 10.8 Å². The minimum atomic E-state index is -0.0431. The Bertz CT molecular complexity index is 629. The molecule has 2 nitrogen and oxygen atoms in total. The van der Waals surface area contributed by atoms with Crippen LogP contribution in [0.15, 0.2) is 42.5 Å². The van der Waals surface area contributed by atoms with E-state index in [1.807, 2.05) is 43.3 Å². The normalized spacial score (nSPS) is 13.0. The number of halogens is 1. The molecule has 1 atom stereocenters. The average molecular weight is 304 g/mol. The van der Waals surface area contributed by atoms with Crippen LogP contribution >= 0.6 is 11.6 Å². The molecule has 3 heteroatoms. The summed E-state index contributed by atoms with van der Waals surface area (Å²) in [5, 5.41) is 0.577. The molecule has 2 aromatic carbocycles. The summed E-state index contributed by atoms with van der Waals surface area (Å²) in [6, 6.07) is 13.7. The van der Waals surface area contributed by atoms with Gasteiger partial charge in [0.1, 0.15) is 11.5 Å². The molecule has 0 saturated heterocycles. The summed E-state index contributed by atoms with van der Waals surface area (Å²) in [6.45, 7) is 8.42. The van der Waals surface area contributed by atoms with E-state index < -0.39 is 0 Å². The third-order valence-corrected chi connectivity index (χ3v) is 3.69. The number of para-hydroxylation sites is 1. The molecule has 112 valence electrons. The Labute approximate surface area is 131 Å². The molecule has 0 radical (unpaired) electrons. The van der Waals surface area contributed by atoms with Crippen LogP contribution in [0.3, 0.4) is 0 Å². The molecule has 0 bridgehead atoms. The smallest absolute Gasteiger partial charge is 0.146 e. The van der Waals surface area contributed by atoms with Gasteiger partial charge >= 0.3 is 0 Å². The SMILES string of the molecule is C[C@H](N)c1ccc(Oc2ccccc2C(C)(C)C)c(Cl)c1. The molecule has 0 fully saturated rings. The van der Waals surface area contributed by atoms with Crippen LogP contribution < -0.4 is 10.5 Å². The predicted octanol–water partition coefficient (Wildman–Crippen LogP) is 5.45. The number of rotatable bonds is 3. The molecule has 0 heterocycles. The summed E-state index contributed by atoms with van der Waals surface area (Å²) in [5.74, 6) is 1.48. The van der Waals surface area contributed by atoms with Gasteiger partial charge in [-0.2, -0.15) is 0 Å². The van der Waals surface area contributed by atoms with Crippen LogP contribution in [0, 0.1) is 0 Å². The lowest BCUT2D eigenvalue weighted by molar-refractivity contribution is 0.455. The van der Waals surface area contributed by atoms with Gasteiger partial charge in [0.25, 0.3) is 0 Å². The highest BCUT2D eigenvalue weighted by Gasteiger charge is 2.19. The molecule has 0 amide bonds. The van der Waals surface area contributed by atoms with Gasteiger partial charge in [-0.15, -0.1) is 0 Å². The van der Waals surface area contributed by atoms with Gasteiger partial charge in [-0.25, -0.2) is 0 Å². The number of benzene rings is 2. The predicted molar refractivity (Wildman–Crippen MR) is 89.3 cm³/mol. The fraction of sp³-hybridized carbons (Fsp3) is 0.333. The molecule has 2 aromatic rings. The van der Waals surface area contributed by atoms with Gasteiger partial charge in [0.15, 0.2) is 0 Å². The van der Waals surface area contributed by atoms with Gasteiger partial charge in [-0.3, -0.25) is 0 Å². The number of hydrogen-bond acceptors (Lipinski definition) is 2. The first-order valence-corrected chi connectivity index (χ1v) is 7.49. The Morgan fingerprint density at radius 3 is 2.29 bits per heavy atom. The zero-order valence-corrected chi connectivity index (χ0v) is 13.7. The molecule has 0 aliphatic heterocycles. The molecule has 0 spiro atoms. The fourth-order valence-corrected chi connectivity index (χ4v) is 2.40. The van der Waals surface area contributed by atoms with Crippen LogP contribution in [0.1, 0.15) is 44.9 Å². The maximum Gasteiger partial charge on any atom is 0.146 e. The first kappa shape index (κ1) is 15.9. The Kier molecular flexibility index (Phi) is 4.60. The quantitative estimate of drug-likeness (QED) is 0.818. The van der Waals surface area contributed by atoms with E-state index in [9.17, 15) is 0 Å². The molecular weight excluding hydrogens is 282 g/mol. The van der Waals surface area contributed by atoms with Crippen molar-refractivity contribution < 1.29 is 4.74 Å². The lowest BCUT2D eigenvalue weighted by Crippen LogP contribution is -2.12. The molecule has 2 N–H and O–H groups in total. The molecule has 0 saturated carbocycles. The highest BCUT2D eigenvalue weighted by molar-refractivity contribution is 6.32. The van der Waals surface area contributed by atoms with Crippen LogP contribution in [0.4, 0.5) is 0 Å². The minimum absolute atomic E-state index is 0.00871. The van der Waals surface area contributed by atoms with Crippen molar-refractivity contribution in [2.75, 3.05) is 0 Å². The van der Waals surface area contributed by atoms with Crippen molar-refractivity contribution in [3.63, 3.8) is 0 Å². The second-order valence-corrected chi connectivity index (χ2v) is 6.73. The van der Waals surface area contributed by atoms with Gasteiger partial charge in [0, 0.05) is 11.6 Å². The van der Waals surface area contributed by atoms with Crippen molar-refractivity contribution in [2.45, 2.75) is 39.2 Å². The number of hydrogen-bond donors (Lipinski definition) is 1. The zero-order chi connectivity index (χ0) is 15.6. The Morgan fingerprint density at radius 2 is 1.71 bits per heavy atom. The van der Waals surface area contributed by atoms with Crippen LogP contribution in [0.2, 0.25) is 5.02 Å². The van der Waals surface area contributed by atoms with Crippen molar-refractivity contribution in [1.82, 2.24) is 0 Å². The molecule has 0 aliphatic rings. The first-order chi connectivity index (χ1) is 9.79. The Hall–Kier alpha value is -1.51. The van der Waals surface area contributed by atoms with Gasteiger partial charge in [-0.05, 0) is 36.1 Å². The largest absolute Gasteiger partial charge is 0.455 e.